The lowest BCUT2D eigenvalue weighted by Gasteiger charge is -2.32. The molecule has 0 saturated carbocycles. The predicted molar refractivity (Wildman–Crippen MR) is 62.1 cm³/mol. The zero-order chi connectivity index (χ0) is 12.3. The third kappa shape index (κ3) is 2.59. The number of halogens is 2. The van der Waals surface area contributed by atoms with Crippen LogP contribution in [0.4, 0.5) is 8.78 Å². The van der Waals surface area contributed by atoms with Gasteiger partial charge in [0.05, 0.1) is 0 Å². The summed E-state index contributed by atoms with van der Waals surface area (Å²) in [4.78, 5) is 0. The highest BCUT2D eigenvalue weighted by atomic mass is 19.1. The van der Waals surface area contributed by atoms with E-state index in [9.17, 15) is 8.78 Å². The fourth-order valence-electron chi connectivity index (χ4n) is 1.62. The lowest BCUT2D eigenvalue weighted by molar-refractivity contribution is 0.222. The first-order valence-corrected chi connectivity index (χ1v) is 5.53. The maximum atomic E-state index is 13.5. The Morgan fingerprint density at radius 1 is 1.25 bits per heavy atom. The van der Waals surface area contributed by atoms with Gasteiger partial charge in [-0.1, -0.05) is 26.8 Å². The molecule has 1 atom stereocenters. The lowest BCUT2D eigenvalue weighted by atomic mass is 9.74. The summed E-state index contributed by atoms with van der Waals surface area (Å²) in [5, 5.41) is 0. The van der Waals surface area contributed by atoms with Gasteiger partial charge in [0, 0.05) is 5.56 Å². The Hall–Kier alpha value is -0.960. The first-order valence-electron chi connectivity index (χ1n) is 5.53. The molecule has 0 heterocycles. The number of rotatable bonds is 4. The van der Waals surface area contributed by atoms with Crippen molar-refractivity contribution in [2.45, 2.75) is 27.2 Å². The first kappa shape index (κ1) is 13.1. The van der Waals surface area contributed by atoms with Crippen molar-refractivity contribution in [1.82, 2.24) is 0 Å². The maximum absolute atomic E-state index is 13.5. The molecule has 0 radical (unpaired) electrons. The van der Waals surface area contributed by atoms with E-state index in [1.54, 1.807) is 0 Å². The molecule has 3 heteroatoms. The van der Waals surface area contributed by atoms with Crippen LogP contribution in [-0.4, -0.2) is 6.54 Å². The van der Waals surface area contributed by atoms with Crippen LogP contribution in [-0.2, 0) is 6.42 Å². The largest absolute Gasteiger partial charge is 0.330 e. The zero-order valence-corrected chi connectivity index (χ0v) is 10.1. The van der Waals surface area contributed by atoms with E-state index < -0.39 is 11.6 Å². The van der Waals surface area contributed by atoms with Gasteiger partial charge in [-0.2, -0.15) is 0 Å². The molecule has 0 aliphatic carbocycles. The summed E-state index contributed by atoms with van der Waals surface area (Å²) >= 11 is 0. The van der Waals surface area contributed by atoms with Crippen molar-refractivity contribution in [3.05, 3.63) is 35.4 Å². The second-order valence-electron chi connectivity index (χ2n) is 4.89. The Kier molecular flexibility index (Phi) is 4.03. The second kappa shape index (κ2) is 4.91. The Bertz CT molecular complexity index is 343. The number of benzene rings is 1. The molecule has 90 valence electrons. The summed E-state index contributed by atoms with van der Waals surface area (Å²) in [5.74, 6) is -0.697. The van der Waals surface area contributed by atoms with Crippen LogP contribution in [0.25, 0.3) is 0 Å². The summed E-state index contributed by atoms with van der Waals surface area (Å²) in [6.07, 6.45) is 0.333. The third-order valence-corrected chi connectivity index (χ3v) is 3.50. The van der Waals surface area contributed by atoms with Crippen molar-refractivity contribution >= 4 is 0 Å². The van der Waals surface area contributed by atoms with Gasteiger partial charge in [-0.15, -0.1) is 0 Å². The van der Waals surface area contributed by atoms with Crippen molar-refractivity contribution in [3.8, 4) is 0 Å². The average molecular weight is 227 g/mol. The van der Waals surface area contributed by atoms with E-state index >= 15 is 0 Å². The van der Waals surface area contributed by atoms with E-state index in [0.717, 1.165) is 0 Å². The van der Waals surface area contributed by atoms with Gasteiger partial charge >= 0.3 is 0 Å². The van der Waals surface area contributed by atoms with Gasteiger partial charge in [0.25, 0.3) is 0 Å². The predicted octanol–water partition coefficient (Wildman–Crippen LogP) is 3.13. The normalized spacial score (nSPS) is 15.2. The van der Waals surface area contributed by atoms with Crippen molar-refractivity contribution in [2.24, 2.45) is 17.1 Å². The van der Waals surface area contributed by atoms with Crippen LogP contribution in [0.15, 0.2) is 18.2 Å². The minimum atomic E-state index is -0.486. The molecular formula is C13H19F2N. The molecule has 1 nitrogen and oxygen atoms in total. The van der Waals surface area contributed by atoms with Gasteiger partial charge in [-0.25, -0.2) is 8.78 Å². The van der Waals surface area contributed by atoms with Gasteiger partial charge in [0.1, 0.15) is 11.6 Å². The fourth-order valence-corrected chi connectivity index (χ4v) is 1.62. The van der Waals surface area contributed by atoms with Crippen LogP contribution >= 0.6 is 0 Å². The lowest BCUT2D eigenvalue weighted by Crippen LogP contribution is -2.35. The van der Waals surface area contributed by atoms with Crippen LogP contribution < -0.4 is 5.73 Å². The van der Waals surface area contributed by atoms with Gasteiger partial charge in [0.15, 0.2) is 0 Å². The topological polar surface area (TPSA) is 26.0 Å². The van der Waals surface area contributed by atoms with E-state index in [1.165, 1.54) is 18.2 Å². The average Bonchev–Trinajstić information content (AvgIpc) is 2.23. The van der Waals surface area contributed by atoms with E-state index in [4.69, 9.17) is 5.73 Å². The summed E-state index contributed by atoms with van der Waals surface area (Å²) in [7, 11) is 0. The first-order chi connectivity index (χ1) is 7.40. The molecule has 0 amide bonds. The molecule has 1 aromatic rings. The smallest absolute Gasteiger partial charge is 0.129 e. The minimum absolute atomic E-state index is 0.143. The molecule has 1 aromatic carbocycles. The summed E-state index contributed by atoms with van der Waals surface area (Å²) in [5.41, 5.74) is 5.58. The van der Waals surface area contributed by atoms with Crippen LogP contribution in [0.2, 0.25) is 0 Å². The SMILES string of the molecule is CC(C)C(C)(CN)Cc1c(F)cccc1F. The van der Waals surface area contributed by atoms with Gasteiger partial charge in [0.2, 0.25) is 0 Å². The maximum Gasteiger partial charge on any atom is 0.129 e. The fraction of sp³-hybridized carbons (Fsp3) is 0.538. The van der Waals surface area contributed by atoms with Crippen molar-refractivity contribution in [3.63, 3.8) is 0 Å². The van der Waals surface area contributed by atoms with Crippen molar-refractivity contribution in [2.75, 3.05) is 6.54 Å². The van der Waals surface area contributed by atoms with E-state index in [-0.39, 0.29) is 16.9 Å². The van der Waals surface area contributed by atoms with Gasteiger partial charge in [-0.05, 0) is 36.4 Å². The Balaban J connectivity index is 3.03. The van der Waals surface area contributed by atoms with E-state index in [2.05, 4.69) is 0 Å². The highest BCUT2D eigenvalue weighted by molar-refractivity contribution is 5.21. The quantitative estimate of drug-likeness (QED) is 0.840. The summed E-state index contributed by atoms with van der Waals surface area (Å²) in [6.45, 7) is 6.42. The van der Waals surface area contributed by atoms with Crippen molar-refractivity contribution < 1.29 is 8.78 Å². The molecule has 1 rings (SSSR count). The van der Waals surface area contributed by atoms with E-state index in [0.29, 0.717) is 13.0 Å². The Labute approximate surface area is 95.7 Å². The molecule has 0 aliphatic heterocycles. The highest BCUT2D eigenvalue weighted by Gasteiger charge is 2.29. The molecule has 0 spiro atoms. The molecule has 1 unspecified atom stereocenters. The van der Waals surface area contributed by atoms with Gasteiger partial charge in [-0.3, -0.25) is 0 Å². The Morgan fingerprint density at radius 3 is 2.12 bits per heavy atom. The zero-order valence-electron chi connectivity index (χ0n) is 10.1. The number of hydrogen-bond acceptors (Lipinski definition) is 1. The number of hydrogen-bond donors (Lipinski definition) is 1. The second-order valence-corrected chi connectivity index (χ2v) is 4.89. The monoisotopic (exact) mass is 227 g/mol. The molecule has 0 fully saturated rings. The molecule has 0 saturated heterocycles. The Morgan fingerprint density at radius 2 is 1.75 bits per heavy atom. The molecule has 0 aromatic heterocycles. The van der Waals surface area contributed by atoms with Crippen LogP contribution in [0, 0.1) is 23.0 Å². The molecule has 2 N–H and O–H groups in total. The molecular weight excluding hydrogens is 208 g/mol. The third-order valence-electron chi connectivity index (χ3n) is 3.50. The van der Waals surface area contributed by atoms with E-state index in [1.807, 2.05) is 20.8 Å². The van der Waals surface area contributed by atoms with Crippen molar-refractivity contribution in [1.29, 1.82) is 0 Å². The highest BCUT2D eigenvalue weighted by Crippen LogP contribution is 2.31. The van der Waals surface area contributed by atoms with Crippen LogP contribution in [0.1, 0.15) is 26.3 Å². The molecule has 16 heavy (non-hydrogen) atoms. The molecule has 0 bridgehead atoms. The standard InChI is InChI=1S/C13H19F2N/c1-9(2)13(3,8-16)7-10-11(14)5-4-6-12(10)15/h4-6,9H,7-8,16H2,1-3H3. The minimum Gasteiger partial charge on any atom is -0.330 e. The van der Waals surface area contributed by atoms with Gasteiger partial charge < -0.3 is 5.73 Å². The van der Waals surface area contributed by atoms with Crippen LogP contribution in [0.5, 0.6) is 0 Å². The molecule has 0 aliphatic rings. The number of nitrogens with two attached hydrogens (primary N) is 1. The summed E-state index contributed by atoms with van der Waals surface area (Å²) in [6, 6.07) is 3.95. The van der Waals surface area contributed by atoms with Crippen LogP contribution in [0.3, 0.4) is 0 Å². The summed E-state index contributed by atoms with van der Waals surface area (Å²) < 4.78 is 27.0.